The standard InChI is InChI=1S/C17H34N2O/c1-3-9-18-13-17(8-4-6-15(2)11-17)14-19-10-5-7-16(20)12-19/h15-16,18,20H,3-14H2,1-2H3. The molecule has 1 saturated carbocycles. The lowest BCUT2D eigenvalue weighted by Gasteiger charge is -2.45. The van der Waals surface area contributed by atoms with Crippen LogP contribution in [0.1, 0.15) is 58.8 Å². The number of rotatable bonds is 6. The van der Waals surface area contributed by atoms with Crippen LogP contribution in [-0.4, -0.2) is 48.8 Å². The minimum atomic E-state index is -0.0922. The lowest BCUT2D eigenvalue weighted by Crippen LogP contribution is -2.50. The highest BCUT2D eigenvalue weighted by atomic mass is 16.3. The van der Waals surface area contributed by atoms with Crippen molar-refractivity contribution in [3.8, 4) is 0 Å². The summed E-state index contributed by atoms with van der Waals surface area (Å²) in [4.78, 5) is 2.53. The number of aliphatic hydroxyl groups is 1. The van der Waals surface area contributed by atoms with Crippen molar-refractivity contribution in [2.45, 2.75) is 64.9 Å². The van der Waals surface area contributed by atoms with E-state index in [2.05, 4.69) is 24.1 Å². The summed E-state index contributed by atoms with van der Waals surface area (Å²) in [7, 11) is 0. The highest BCUT2D eigenvalue weighted by Gasteiger charge is 2.37. The lowest BCUT2D eigenvalue weighted by atomic mass is 9.69. The van der Waals surface area contributed by atoms with Gasteiger partial charge in [-0.3, -0.25) is 0 Å². The number of hydrogen-bond acceptors (Lipinski definition) is 3. The van der Waals surface area contributed by atoms with Gasteiger partial charge in [0.25, 0.3) is 0 Å². The molecule has 0 bridgehead atoms. The van der Waals surface area contributed by atoms with E-state index >= 15 is 0 Å². The molecule has 3 nitrogen and oxygen atoms in total. The van der Waals surface area contributed by atoms with E-state index in [1.54, 1.807) is 0 Å². The number of likely N-dealkylation sites (tertiary alicyclic amines) is 1. The van der Waals surface area contributed by atoms with Crippen LogP contribution < -0.4 is 5.32 Å². The molecule has 3 unspecified atom stereocenters. The summed E-state index contributed by atoms with van der Waals surface area (Å²) in [6.45, 7) is 10.2. The number of aliphatic hydroxyl groups excluding tert-OH is 1. The Bertz CT molecular complexity index is 284. The summed E-state index contributed by atoms with van der Waals surface area (Å²) >= 11 is 0. The van der Waals surface area contributed by atoms with Crippen molar-refractivity contribution in [2.24, 2.45) is 11.3 Å². The number of β-amino-alcohol motifs (C(OH)–C–C–N with tert-alkyl or cyclic N) is 1. The molecule has 1 saturated heterocycles. The van der Waals surface area contributed by atoms with E-state index in [9.17, 15) is 5.11 Å². The van der Waals surface area contributed by atoms with Crippen LogP contribution in [0, 0.1) is 11.3 Å². The highest BCUT2D eigenvalue weighted by molar-refractivity contribution is 4.91. The highest BCUT2D eigenvalue weighted by Crippen LogP contribution is 2.40. The van der Waals surface area contributed by atoms with Crippen molar-refractivity contribution >= 4 is 0 Å². The van der Waals surface area contributed by atoms with Gasteiger partial charge in [0.2, 0.25) is 0 Å². The third kappa shape index (κ3) is 4.71. The molecule has 1 heterocycles. The molecule has 2 N–H and O–H groups in total. The van der Waals surface area contributed by atoms with Crippen LogP contribution >= 0.6 is 0 Å². The van der Waals surface area contributed by atoms with E-state index in [4.69, 9.17) is 0 Å². The molecule has 118 valence electrons. The Balaban J connectivity index is 1.94. The largest absolute Gasteiger partial charge is 0.392 e. The molecule has 2 aliphatic rings. The maximum Gasteiger partial charge on any atom is 0.0667 e. The molecule has 0 spiro atoms. The summed E-state index contributed by atoms with van der Waals surface area (Å²) < 4.78 is 0. The topological polar surface area (TPSA) is 35.5 Å². The second-order valence-corrected chi connectivity index (χ2v) is 7.41. The van der Waals surface area contributed by atoms with Gasteiger partial charge in [-0.15, -0.1) is 0 Å². The molecular weight excluding hydrogens is 248 g/mol. The van der Waals surface area contributed by atoms with E-state index in [0.29, 0.717) is 5.41 Å². The van der Waals surface area contributed by atoms with Gasteiger partial charge in [-0.05, 0) is 56.5 Å². The van der Waals surface area contributed by atoms with E-state index in [0.717, 1.165) is 38.4 Å². The van der Waals surface area contributed by atoms with Gasteiger partial charge in [-0.1, -0.05) is 26.7 Å². The number of nitrogens with one attached hydrogen (secondary N) is 1. The molecule has 3 atom stereocenters. The van der Waals surface area contributed by atoms with Crippen molar-refractivity contribution in [1.29, 1.82) is 0 Å². The number of nitrogens with zero attached hydrogens (tertiary/aromatic N) is 1. The first kappa shape index (κ1) is 16.3. The van der Waals surface area contributed by atoms with Crippen LogP contribution in [0.25, 0.3) is 0 Å². The molecule has 0 amide bonds. The van der Waals surface area contributed by atoms with Crippen molar-refractivity contribution in [2.75, 3.05) is 32.7 Å². The predicted octanol–water partition coefficient (Wildman–Crippen LogP) is 2.64. The maximum absolute atomic E-state index is 9.90. The van der Waals surface area contributed by atoms with E-state index in [1.807, 2.05) is 0 Å². The fourth-order valence-corrected chi connectivity index (χ4v) is 4.31. The Labute approximate surface area is 125 Å². The van der Waals surface area contributed by atoms with Crippen LogP contribution in [0.15, 0.2) is 0 Å². The third-order valence-corrected chi connectivity index (χ3v) is 5.15. The Morgan fingerprint density at radius 3 is 2.85 bits per heavy atom. The minimum Gasteiger partial charge on any atom is -0.392 e. The Morgan fingerprint density at radius 2 is 2.15 bits per heavy atom. The fraction of sp³-hybridized carbons (Fsp3) is 1.00. The first-order valence-electron chi connectivity index (χ1n) is 8.75. The van der Waals surface area contributed by atoms with Crippen LogP contribution in [0.3, 0.4) is 0 Å². The molecule has 0 radical (unpaired) electrons. The molecule has 0 aromatic rings. The molecule has 0 aromatic carbocycles. The van der Waals surface area contributed by atoms with Gasteiger partial charge >= 0.3 is 0 Å². The van der Waals surface area contributed by atoms with Crippen molar-refractivity contribution in [3.05, 3.63) is 0 Å². The molecule has 1 aliphatic carbocycles. The van der Waals surface area contributed by atoms with Crippen molar-refractivity contribution in [1.82, 2.24) is 10.2 Å². The first-order valence-corrected chi connectivity index (χ1v) is 8.75. The van der Waals surface area contributed by atoms with Gasteiger partial charge in [0.05, 0.1) is 6.10 Å². The summed E-state index contributed by atoms with van der Waals surface area (Å²) in [5.41, 5.74) is 0.448. The Hall–Kier alpha value is -0.120. The summed E-state index contributed by atoms with van der Waals surface area (Å²) in [5.74, 6) is 0.863. The van der Waals surface area contributed by atoms with E-state index < -0.39 is 0 Å². The summed E-state index contributed by atoms with van der Waals surface area (Å²) in [6.07, 6.45) is 8.78. The third-order valence-electron chi connectivity index (χ3n) is 5.15. The zero-order valence-electron chi connectivity index (χ0n) is 13.5. The van der Waals surface area contributed by atoms with Gasteiger partial charge in [-0.2, -0.15) is 0 Å². The fourth-order valence-electron chi connectivity index (χ4n) is 4.31. The molecular formula is C17H34N2O. The van der Waals surface area contributed by atoms with Crippen LogP contribution in [0.5, 0.6) is 0 Å². The van der Waals surface area contributed by atoms with Crippen molar-refractivity contribution < 1.29 is 5.11 Å². The normalized spacial score (nSPS) is 36.1. The molecule has 2 rings (SSSR count). The molecule has 20 heavy (non-hydrogen) atoms. The molecule has 3 heteroatoms. The second-order valence-electron chi connectivity index (χ2n) is 7.41. The SMILES string of the molecule is CCCNCC1(CN2CCCC(O)C2)CCCC(C)C1. The zero-order valence-corrected chi connectivity index (χ0v) is 13.5. The van der Waals surface area contributed by atoms with E-state index in [-0.39, 0.29) is 6.10 Å². The lowest BCUT2D eigenvalue weighted by molar-refractivity contribution is 0.0233. The van der Waals surface area contributed by atoms with Crippen LogP contribution in [0.4, 0.5) is 0 Å². The molecule has 0 aromatic heterocycles. The number of piperidine rings is 1. The summed E-state index contributed by atoms with van der Waals surface area (Å²) in [6, 6.07) is 0. The van der Waals surface area contributed by atoms with Gasteiger partial charge in [0.15, 0.2) is 0 Å². The summed E-state index contributed by atoms with van der Waals surface area (Å²) in [5, 5.41) is 13.6. The van der Waals surface area contributed by atoms with Gasteiger partial charge < -0.3 is 15.3 Å². The smallest absolute Gasteiger partial charge is 0.0667 e. The Kier molecular flexibility index (Phi) is 6.31. The van der Waals surface area contributed by atoms with Crippen molar-refractivity contribution in [3.63, 3.8) is 0 Å². The first-order chi connectivity index (χ1) is 9.63. The maximum atomic E-state index is 9.90. The van der Waals surface area contributed by atoms with Crippen LogP contribution in [-0.2, 0) is 0 Å². The monoisotopic (exact) mass is 282 g/mol. The average Bonchev–Trinajstić information content (AvgIpc) is 2.39. The van der Waals surface area contributed by atoms with Crippen LogP contribution in [0.2, 0.25) is 0 Å². The average molecular weight is 282 g/mol. The zero-order chi connectivity index (χ0) is 14.4. The van der Waals surface area contributed by atoms with Gasteiger partial charge in [0.1, 0.15) is 0 Å². The Morgan fingerprint density at radius 1 is 1.30 bits per heavy atom. The van der Waals surface area contributed by atoms with E-state index in [1.165, 1.54) is 45.2 Å². The quantitative estimate of drug-likeness (QED) is 0.735. The molecule has 1 aliphatic heterocycles. The predicted molar refractivity (Wildman–Crippen MR) is 84.9 cm³/mol. The van der Waals surface area contributed by atoms with Gasteiger partial charge in [-0.25, -0.2) is 0 Å². The number of hydrogen-bond donors (Lipinski definition) is 2. The second kappa shape index (κ2) is 7.77. The minimum absolute atomic E-state index is 0.0922. The molecule has 2 fully saturated rings. The van der Waals surface area contributed by atoms with Gasteiger partial charge in [0, 0.05) is 19.6 Å².